The summed E-state index contributed by atoms with van der Waals surface area (Å²) < 4.78 is 12.6. The van der Waals surface area contributed by atoms with Crippen molar-refractivity contribution in [3.8, 4) is 5.75 Å². The van der Waals surface area contributed by atoms with Gasteiger partial charge in [0, 0.05) is 36.1 Å². The van der Waals surface area contributed by atoms with E-state index >= 15 is 0 Å². The number of anilines is 1. The van der Waals surface area contributed by atoms with Crippen LogP contribution in [0.25, 0.3) is 0 Å². The van der Waals surface area contributed by atoms with E-state index in [2.05, 4.69) is 33.0 Å². The Bertz CT molecular complexity index is 701. The van der Waals surface area contributed by atoms with Crippen LogP contribution in [0.3, 0.4) is 0 Å². The summed E-state index contributed by atoms with van der Waals surface area (Å²) in [7, 11) is 0. The van der Waals surface area contributed by atoms with Gasteiger partial charge in [0.2, 0.25) is 0 Å². The van der Waals surface area contributed by atoms with Crippen molar-refractivity contribution in [2.45, 2.75) is 51.2 Å². The van der Waals surface area contributed by atoms with Crippen LogP contribution in [0, 0.1) is 0 Å². The third-order valence-corrected chi connectivity index (χ3v) is 5.64. The zero-order valence-corrected chi connectivity index (χ0v) is 16.6. The molecule has 0 radical (unpaired) electrons. The second kappa shape index (κ2) is 6.08. The molecule has 136 valence electrons. The largest absolute Gasteiger partial charge is 0.491 e. The van der Waals surface area contributed by atoms with Crippen molar-refractivity contribution in [3.63, 3.8) is 0 Å². The number of hydrogen-bond acceptors (Lipinski definition) is 4. The van der Waals surface area contributed by atoms with Crippen molar-refractivity contribution in [2.24, 2.45) is 0 Å². The van der Waals surface area contributed by atoms with E-state index in [1.54, 1.807) is 0 Å². The van der Waals surface area contributed by atoms with Crippen LogP contribution in [0.1, 0.15) is 45.1 Å². The lowest BCUT2D eigenvalue weighted by Gasteiger charge is -2.39. The number of carbonyl (C=O) groups excluding carboxylic acids is 1. The number of amides is 1. The molecule has 1 amide bonds. The highest BCUT2D eigenvalue weighted by Gasteiger charge is 2.45. The van der Waals surface area contributed by atoms with Gasteiger partial charge in [-0.2, -0.15) is 0 Å². The lowest BCUT2D eigenvalue weighted by atomic mass is 9.89. The van der Waals surface area contributed by atoms with E-state index in [1.165, 1.54) is 11.3 Å². The van der Waals surface area contributed by atoms with Gasteiger partial charge in [0.05, 0.1) is 12.3 Å². The summed E-state index contributed by atoms with van der Waals surface area (Å²) in [6.45, 7) is 8.98. The van der Waals surface area contributed by atoms with Crippen LogP contribution < -0.4 is 9.64 Å². The zero-order chi connectivity index (χ0) is 17.8. The third-order valence-electron chi connectivity index (χ3n) is 5.19. The molecule has 25 heavy (non-hydrogen) atoms. The van der Waals surface area contributed by atoms with Gasteiger partial charge in [-0.05, 0) is 51.3 Å². The SMILES string of the molecule is CC(C)(C)OC(=O)N1CC[C@H]2[C@@H](C1)c1cc(Br)cc3c1N2CCCO3. The van der Waals surface area contributed by atoms with E-state index < -0.39 is 5.60 Å². The van der Waals surface area contributed by atoms with E-state index in [-0.39, 0.29) is 6.09 Å². The number of hydrogen-bond donors (Lipinski definition) is 0. The predicted octanol–water partition coefficient (Wildman–Crippen LogP) is 4.14. The maximum atomic E-state index is 12.5. The molecule has 3 aliphatic rings. The minimum absolute atomic E-state index is 0.204. The highest BCUT2D eigenvalue weighted by Crippen LogP contribution is 2.51. The first-order valence-electron chi connectivity index (χ1n) is 9.04. The first kappa shape index (κ1) is 17.0. The van der Waals surface area contributed by atoms with Crippen LogP contribution in [-0.4, -0.2) is 48.9 Å². The number of likely N-dealkylation sites (tertiary alicyclic amines) is 1. The number of fused-ring (bicyclic) bond motifs is 3. The number of rotatable bonds is 0. The Labute approximate surface area is 157 Å². The topological polar surface area (TPSA) is 42.0 Å². The van der Waals surface area contributed by atoms with Crippen molar-refractivity contribution in [3.05, 3.63) is 22.2 Å². The van der Waals surface area contributed by atoms with Gasteiger partial charge in [-0.25, -0.2) is 4.79 Å². The van der Waals surface area contributed by atoms with Gasteiger partial charge in [0.15, 0.2) is 0 Å². The normalized spacial score (nSPS) is 25.0. The Morgan fingerprint density at radius 1 is 1.32 bits per heavy atom. The maximum absolute atomic E-state index is 12.5. The number of benzene rings is 1. The van der Waals surface area contributed by atoms with Gasteiger partial charge in [0.25, 0.3) is 0 Å². The second-order valence-electron chi connectivity index (χ2n) is 8.13. The Kier molecular flexibility index (Phi) is 4.13. The molecule has 0 saturated carbocycles. The van der Waals surface area contributed by atoms with Gasteiger partial charge >= 0.3 is 6.09 Å². The molecule has 1 saturated heterocycles. The summed E-state index contributed by atoms with van der Waals surface area (Å²) in [5.74, 6) is 1.29. The van der Waals surface area contributed by atoms with Gasteiger partial charge in [-0.1, -0.05) is 15.9 Å². The van der Waals surface area contributed by atoms with Crippen molar-refractivity contribution >= 4 is 27.7 Å². The van der Waals surface area contributed by atoms with Crippen molar-refractivity contribution in [2.75, 3.05) is 31.1 Å². The molecule has 0 aromatic heterocycles. The summed E-state index contributed by atoms with van der Waals surface area (Å²) in [6, 6.07) is 4.72. The van der Waals surface area contributed by atoms with Crippen LogP contribution in [0.4, 0.5) is 10.5 Å². The van der Waals surface area contributed by atoms with E-state index in [0.717, 1.165) is 42.8 Å². The molecule has 0 unspecified atom stereocenters. The number of halogens is 1. The molecule has 6 heteroatoms. The smallest absolute Gasteiger partial charge is 0.410 e. The minimum Gasteiger partial charge on any atom is -0.491 e. The molecule has 4 rings (SSSR count). The predicted molar refractivity (Wildman–Crippen MR) is 101 cm³/mol. The summed E-state index contributed by atoms with van der Waals surface area (Å²) in [4.78, 5) is 16.9. The lowest BCUT2D eigenvalue weighted by molar-refractivity contribution is 0.0189. The standard InChI is InChI=1S/C19H25BrN2O3/c1-19(2,3)25-18(23)21-7-5-15-14(11-21)13-9-12(20)10-16-17(13)22(15)6-4-8-24-16/h9-10,14-15H,4-8,11H2,1-3H3/t14-,15-/m0/s1. The van der Waals surface area contributed by atoms with Crippen LogP contribution in [0.15, 0.2) is 16.6 Å². The first-order chi connectivity index (χ1) is 11.8. The van der Waals surface area contributed by atoms with Crippen molar-refractivity contribution < 1.29 is 14.3 Å². The zero-order valence-electron chi connectivity index (χ0n) is 15.0. The molecule has 0 aliphatic carbocycles. The summed E-state index contributed by atoms with van der Waals surface area (Å²) in [5, 5.41) is 0. The van der Waals surface area contributed by atoms with Gasteiger partial charge in [-0.15, -0.1) is 0 Å². The highest BCUT2D eigenvalue weighted by molar-refractivity contribution is 9.10. The number of nitrogens with zero attached hydrogens (tertiary/aromatic N) is 2. The first-order valence-corrected chi connectivity index (χ1v) is 9.83. The number of ether oxygens (including phenoxy) is 2. The average molecular weight is 409 g/mol. The maximum Gasteiger partial charge on any atom is 0.410 e. The Hall–Kier alpha value is -1.43. The van der Waals surface area contributed by atoms with Gasteiger partial charge in [-0.3, -0.25) is 0 Å². The summed E-state index contributed by atoms with van der Waals surface area (Å²) >= 11 is 3.62. The minimum atomic E-state index is -0.460. The second-order valence-corrected chi connectivity index (χ2v) is 9.04. The van der Waals surface area contributed by atoms with Crippen LogP contribution in [0.2, 0.25) is 0 Å². The molecular weight excluding hydrogens is 384 g/mol. The molecule has 2 atom stereocenters. The van der Waals surface area contributed by atoms with E-state index in [0.29, 0.717) is 18.5 Å². The fourth-order valence-corrected chi connectivity index (χ4v) is 4.72. The Balaban J connectivity index is 1.64. The Morgan fingerprint density at radius 2 is 2.12 bits per heavy atom. The van der Waals surface area contributed by atoms with Crippen molar-refractivity contribution in [1.29, 1.82) is 0 Å². The molecule has 1 aromatic carbocycles. The molecule has 1 fully saturated rings. The lowest BCUT2D eigenvalue weighted by Crippen LogP contribution is -2.49. The quantitative estimate of drug-likeness (QED) is 0.646. The van der Waals surface area contributed by atoms with Crippen LogP contribution in [-0.2, 0) is 4.74 Å². The van der Waals surface area contributed by atoms with Gasteiger partial charge < -0.3 is 19.3 Å². The molecule has 1 aromatic rings. The average Bonchev–Trinajstić information content (AvgIpc) is 2.68. The van der Waals surface area contributed by atoms with E-state index in [4.69, 9.17) is 9.47 Å². The molecule has 0 N–H and O–H groups in total. The van der Waals surface area contributed by atoms with Crippen LogP contribution >= 0.6 is 15.9 Å². The van der Waals surface area contributed by atoms with E-state index in [9.17, 15) is 4.79 Å². The third kappa shape index (κ3) is 3.09. The molecule has 3 aliphatic heterocycles. The summed E-state index contributed by atoms with van der Waals surface area (Å²) in [6.07, 6.45) is 1.80. The Morgan fingerprint density at radius 3 is 2.88 bits per heavy atom. The van der Waals surface area contributed by atoms with Gasteiger partial charge in [0.1, 0.15) is 11.4 Å². The summed E-state index contributed by atoms with van der Waals surface area (Å²) in [5.41, 5.74) is 2.07. The monoisotopic (exact) mass is 408 g/mol. The molecule has 3 heterocycles. The molecule has 5 nitrogen and oxygen atoms in total. The number of carbonyl (C=O) groups is 1. The number of piperidine rings is 1. The van der Waals surface area contributed by atoms with E-state index in [1.807, 2.05) is 25.7 Å². The molecule has 0 spiro atoms. The van der Waals surface area contributed by atoms with Crippen molar-refractivity contribution in [1.82, 2.24) is 4.90 Å². The van der Waals surface area contributed by atoms with Crippen LogP contribution in [0.5, 0.6) is 5.75 Å². The fourth-order valence-electron chi connectivity index (χ4n) is 4.27. The molecule has 0 bridgehead atoms. The highest BCUT2D eigenvalue weighted by atomic mass is 79.9. The molecular formula is C19H25BrN2O3. The fraction of sp³-hybridized carbons (Fsp3) is 0.632.